The molecule has 21 heavy (non-hydrogen) atoms. The second-order valence-electron chi connectivity index (χ2n) is 5.19. The number of nitrogens with zero attached hydrogens (tertiary/aromatic N) is 1. The van der Waals surface area contributed by atoms with Crippen LogP contribution in [-0.2, 0) is 0 Å². The van der Waals surface area contributed by atoms with E-state index >= 15 is 0 Å². The maximum atomic E-state index is 5.93. The summed E-state index contributed by atoms with van der Waals surface area (Å²) in [5, 5.41) is 0. The van der Waals surface area contributed by atoms with Gasteiger partial charge in [0.1, 0.15) is 0 Å². The summed E-state index contributed by atoms with van der Waals surface area (Å²) in [6.45, 7) is 6.46. The average Bonchev–Trinajstić information content (AvgIpc) is 2.92. The van der Waals surface area contributed by atoms with E-state index in [1.165, 1.54) is 21.2 Å². The van der Waals surface area contributed by atoms with Crippen LogP contribution in [0.3, 0.4) is 0 Å². The van der Waals surface area contributed by atoms with Gasteiger partial charge in [-0.15, -0.1) is 0 Å². The van der Waals surface area contributed by atoms with Crippen molar-refractivity contribution in [3.8, 4) is 11.3 Å². The topological polar surface area (TPSA) is 26.0 Å². The summed E-state index contributed by atoms with van der Waals surface area (Å²) in [5.41, 5.74) is 5.03. The molecule has 1 aromatic heterocycles. The van der Waals surface area contributed by atoms with Crippen LogP contribution in [-0.4, -0.2) is 19.9 Å². The molecule has 0 aliphatic carbocycles. The molecule has 2 aromatic carbocycles. The summed E-state index contributed by atoms with van der Waals surface area (Å²) < 4.78 is 7.30. The molecule has 3 rings (SSSR count). The minimum absolute atomic E-state index is 0.106. The number of oxazole rings is 1. The molecule has 3 aromatic rings. The average molecular weight is 342 g/mol. The quantitative estimate of drug-likeness (QED) is 0.684. The second-order valence-corrected chi connectivity index (χ2v) is 7.20. The van der Waals surface area contributed by atoms with Gasteiger partial charge in [0.25, 0.3) is 0 Å². The number of benzene rings is 2. The molecule has 106 valence electrons. The van der Waals surface area contributed by atoms with E-state index in [1.807, 2.05) is 36.5 Å². The van der Waals surface area contributed by atoms with Gasteiger partial charge in [-0.1, -0.05) is 0 Å². The SMILES string of the molecule is Cc1cc(C)c([Se]c2ncc(-c3ccccc3)o2)c(C)c1. The van der Waals surface area contributed by atoms with Gasteiger partial charge in [-0.25, -0.2) is 0 Å². The van der Waals surface area contributed by atoms with E-state index in [4.69, 9.17) is 4.42 Å². The van der Waals surface area contributed by atoms with Crippen LogP contribution < -0.4 is 9.25 Å². The number of hydrogen-bond donors (Lipinski definition) is 0. The van der Waals surface area contributed by atoms with Crippen LogP contribution >= 0.6 is 0 Å². The molecule has 2 nitrogen and oxygen atoms in total. The van der Waals surface area contributed by atoms with E-state index in [2.05, 4.69) is 37.9 Å². The summed E-state index contributed by atoms with van der Waals surface area (Å²) in [5.74, 6) is 0.842. The van der Waals surface area contributed by atoms with Crippen molar-refractivity contribution < 1.29 is 4.42 Å². The van der Waals surface area contributed by atoms with Gasteiger partial charge < -0.3 is 0 Å². The molecule has 0 aliphatic rings. The number of hydrogen-bond acceptors (Lipinski definition) is 2. The number of aromatic nitrogens is 1. The Morgan fingerprint density at radius 3 is 2.29 bits per heavy atom. The first kappa shape index (κ1) is 14.1. The van der Waals surface area contributed by atoms with Crippen molar-refractivity contribution in [1.29, 1.82) is 0 Å². The Morgan fingerprint density at radius 2 is 1.62 bits per heavy atom. The molecule has 0 radical (unpaired) electrons. The predicted octanol–water partition coefficient (Wildman–Crippen LogP) is 2.92. The minimum atomic E-state index is 0.106. The van der Waals surface area contributed by atoms with Crippen LogP contribution in [0, 0.1) is 20.8 Å². The zero-order valence-electron chi connectivity index (χ0n) is 12.4. The van der Waals surface area contributed by atoms with E-state index in [1.54, 1.807) is 0 Å². The number of rotatable bonds is 3. The first-order valence-electron chi connectivity index (χ1n) is 6.90. The van der Waals surface area contributed by atoms with Crippen LogP contribution in [0.15, 0.2) is 53.1 Å². The zero-order valence-corrected chi connectivity index (χ0v) is 14.1. The van der Waals surface area contributed by atoms with Crippen molar-refractivity contribution in [3.05, 3.63) is 65.4 Å². The summed E-state index contributed by atoms with van der Waals surface area (Å²) in [4.78, 5) is 5.28. The van der Waals surface area contributed by atoms with E-state index < -0.39 is 0 Å². The molecule has 0 atom stereocenters. The third-order valence-corrected chi connectivity index (χ3v) is 5.88. The molecule has 3 heteroatoms. The molecular weight excluding hydrogens is 325 g/mol. The van der Waals surface area contributed by atoms with Crippen molar-refractivity contribution in [2.75, 3.05) is 0 Å². The van der Waals surface area contributed by atoms with Gasteiger partial charge in [0.05, 0.1) is 0 Å². The Kier molecular flexibility index (Phi) is 3.96. The predicted molar refractivity (Wildman–Crippen MR) is 87.6 cm³/mol. The standard InChI is InChI=1S/C18H17NOSe/c1-12-9-13(2)17(14(3)10-12)21-18-19-11-16(20-18)15-7-5-4-6-8-15/h4-11H,1-3H3. The van der Waals surface area contributed by atoms with Crippen LogP contribution in [0.25, 0.3) is 11.3 Å². The molecule has 0 bridgehead atoms. The molecule has 0 amide bonds. The maximum absolute atomic E-state index is 5.93. The summed E-state index contributed by atoms with van der Waals surface area (Å²) >= 11 is 0.106. The van der Waals surface area contributed by atoms with Gasteiger partial charge in [-0.2, -0.15) is 0 Å². The third-order valence-electron chi connectivity index (χ3n) is 3.34. The monoisotopic (exact) mass is 343 g/mol. The van der Waals surface area contributed by atoms with Gasteiger partial charge in [-0.05, 0) is 0 Å². The zero-order chi connectivity index (χ0) is 14.8. The molecule has 0 N–H and O–H groups in total. The fourth-order valence-corrected chi connectivity index (χ4v) is 4.24. The summed E-state index contributed by atoms with van der Waals surface area (Å²) in [7, 11) is 0. The van der Waals surface area contributed by atoms with Crippen LogP contribution in [0.5, 0.6) is 0 Å². The van der Waals surface area contributed by atoms with E-state index in [0.29, 0.717) is 0 Å². The molecule has 0 fully saturated rings. The fraction of sp³-hybridized carbons (Fsp3) is 0.167. The van der Waals surface area contributed by atoms with Crippen molar-refractivity contribution >= 4 is 24.2 Å². The Labute approximate surface area is 131 Å². The van der Waals surface area contributed by atoms with Gasteiger partial charge in [0, 0.05) is 0 Å². The number of aryl methyl sites for hydroxylation is 3. The Hall–Kier alpha value is -1.83. The molecule has 0 aliphatic heterocycles. The molecule has 1 heterocycles. The van der Waals surface area contributed by atoms with Gasteiger partial charge in [-0.3, -0.25) is 0 Å². The summed E-state index contributed by atoms with van der Waals surface area (Å²) in [6, 6.07) is 14.6. The van der Waals surface area contributed by atoms with Crippen LogP contribution in [0.1, 0.15) is 16.7 Å². The van der Waals surface area contributed by atoms with E-state index in [0.717, 1.165) is 16.1 Å². The van der Waals surface area contributed by atoms with Gasteiger partial charge in [0.2, 0.25) is 0 Å². The van der Waals surface area contributed by atoms with Gasteiger partial charge in [0.15, 0.2) is 0 Å². The molecule has 0 spiro atoms. The molecule has 0 saturated heterocycles. The van der Waals surface area contributed by atoms with E-state index in [-0.39, 0.29) is 15.0 Å². The van der Waals surface area contributed by atoms with Crippen LogP contribution in [0.4, 0.5) is 0 Å². The normalized spacial score (nSPS) is 10.8. The van der Waals surface area contributed by atoms with Crippen molar-refractivity contribution in [1.82, 2.24) is 4.98 Å². The Morgan fingerprint density at radius 1 is 0.952 bits per heavy atom. The fourth-order valence-electron chi connectivity index (χ4n) is 2.46. The Balaban J connectivity index is 1.89. The van der Waals surface area contributed by atoms with E-state index in [9.17, 15) is 0 Å². The molecule has 0 unspecified atom stereocenters. The Bertz CT molecular complexity index is 739. The first-order chi connectivity index (χ1) is 10.1. The van der Waals surface area contributed by atoms with Crippen LogP contribution in [0.2, 0.25) is 0 Å². The molecular formula is C18H17NOSe. The molecule has 0 saturated carbocycles. The second kappa shape index (κ2) is 5.88. The first-order valence-corrected chi connectivity index (χ1v) is 8.62. The van der Waals surface area contributed by atoms with Crippen molar-refractivity contribution in [2.45, 2.75) is 20.8 Å². The van der Waals surface area contributed by atoms with Crippen molar-refractivity contribution in [3.63, 3.8) is 0 Å². The van der Waals surface area contributed by atoms with Gasteiger partial charge >= 0.3 is 131 Å². The van der Waals surface area contributed by atoms with Crippen molar-refractivity contribution in [2.24, 2.45) is 0 Å². The summed E-state index contributed by atoms with van der Waals surface area (Å²) in [6.07, 6.45) is 1.82. The third kappa shape index (κ3) is 3.10.